The second-order valence-corrected chi connectivity index (χ2v) is 4.47. The molecule has 4 nitrogen and oxygen atoms in total. The third-order valence-electron chi connectivity index (χ3n) is 2.73. The summed E-state index contributed by atoms with van der Waals surface area (Å²) in [6, 6.07) is 8.74. The van der Waals surface area contributed by atoms with E-state index >= 15 is 0 Å². The Morgan fingerprint density at radius 1 is 1.35 bits per heavy atom. The molecule has 0 aromatic heterocycles. The third-order valence-corrected chi connectivity index (χ3v) is 2.73. The number of carbonyl (C=O) groups is 1. The van der Waals surface area contributed by atoms with Gasteiger partial charge in [0.15, 0.2) is 6.10 Å². The summed E-state index contributed by atoms with van der Waals surface area (Å²) in [5, 5.41) is 12.4. The lowest BCUT2D eigenvalue weighted by Crippen LogP contribution is -2.42. The lowest BCUT2D eigenvalue weighted by atomic mass is 10.1. The molecule has 2 atom stereocenters. The fourth-order valence-corrected chi connectivity index (χ4v) is 1.34. The fraction of sp³-hybridized carbons (Fsp3) is 0.462. The molecule has 2 unspecified atom stereocenters. The SMILES string of the molecule is CC(C)C(N)CNC(=O)C(O)c1ccccc1. The highest BCUT2D eigenvalue weighted by molar-refractivity contribution is 5.81. The Labute approximate surface area is 102 Å². The maximum Gasteiger partial charge on any atom is 0.253 e. The second-order valence-electron chi connectivity index (χ2n) is 4.47. The van der Waals surface area contributed by atoms with Gasteiger partial charge < -0.3 is 16.2 Å². The van der Waals surface area contributed by atoms with Crippen LogP contribution in [0.2, 0.25) is 0 Å². The fourth-order valence-electron chi connectivity index (χ4n) is 1.34. The van der Waals surface area contributed by atoms with E-state index in [2.05, 4.69) is 5.32 Å². The Morgan fingerprint density at radius 2 is 1.94 bits per heavy atom. The van der Waals surface area contributed by atoms with Gasteiger partial charge in [0.2, 0.25) is 0 Å². The maximum atomic E-state index is 11.7. The Kier molecular flexibility index (Phi) is 5.12. The summed E-state index contributed by atoms with van der Waals surface area (Å²) in [5.41, 5.74) is 6.39. The van der Waals surface area contributed by atoms with Gasteiger partial charge in [0.1, 0.15) is 0 Å². The van der Waals surface area contributed by atoms with Crippen LogP contribution in [0.5, 0.6) is 0 Å². The molecule has 0 saturated carbocycles. The van der Waals surface area contributed by atoms with Crippen LogP contribution >= 0.6 is 0 Å². The number of benzene rings is 1. The Balaban J connectivity index is 2.48. The summed E-state index contributed by atoms with van der Waals surface area (Å²) in [4.78, 5) is 11.7. The molecule has 1 aromatic carbocycles. The Hall–Kier alpha value is -1.39. The largest absolute Gasteiger partial charge is 0.378 e. The van der Waals surface area contributed by atoms with E-state index < -0.39 is 12.0 Å². The quantitative estimate of drug-likeness (QED) is 0.708. The number of amides is 1. The van der Waals surface area contributed by atoms with Crippen molar-refractivity contribution in [1.82, 2.24) is 5.32 Å². The molecule has 0 radical (unpaired) electrons. The first kappa shape index (κ1) is 13.7. The standard InChI is InChI=1S/C13H20N2O2/c1-9(2)11(14)8-15-13(17)12(16)10-6-4-3-5-7-10/h3-7,9,11-12,16H,8,14H2,1-2H3,(H,15,17). The first-order valence-electron chi connectivity index (χ1n) is 5.78. The van der Waals surface area contributed by atoms with Crippen LogP contribution in [0.4, 0.5) is 0 Å². The molecule has 0 aliphatic heterocycles. The average Bonchev–Trinajstić information content (AvgIpc) is 2.35. The van der Waals surface area contributed by atoms with Crippen molar-refractivity contribution in [2.75, 3.05) is 6.54 Å². The van der Waals surface area contributed by atoms with Crippen LogP contribution in [-0.2, 0) is 4.79 Å². The van der Waals surface area contributed by atoms with E-state index in [-0.39, 0.29) is 6.04 Å². The van der Waals surface area contributed by atoms with Crippen LogP contribution in [0.25, 0.3) is 0 Å². The lowest BCUT2D eigenvalue weighted by molar-refractivity contribution is -0.129. The molecule has 1 rings (SSSR count). The molecule has 4 N–H and O–H groups in total. The van der Waals surface area contributed by atoms with Crippen LogP contribution < -0.4 is 11.1 Å². The van der Waals surface area contributed by atoms with Crippen molar-refractivity contribution in [2.45, 2.75) is 26.0 Å². The molecule has 17 heavy (non-hydrogen) atoms. The molecule has 0 aliphatic carbocycles. The van der Waals surface area contributed by atoms with E-state index in [1.807, 2.05) is 19.9 Å². The van der Waals surface area contributed by atoms with Crippen molar-refractivity contribution in [1.29, 1.82) is 0 Å². The van der Waals surface area contributed by atoms with Gasteiger partial charge in [-0.2, -0.15) is 0 Å². The molecule has 4 heteroatoms. The van der Waals surface area contributed by atoms with Crippen LogP contribution in [0.1, 0.15) is 25.5 Å². The minimum absolute atomic E-state index is 0.0954. The van der Waals surface area contributed by atoms with Crippen molar-refractivity contribution in [3.63, 3.8) is 0 Å². The molecule has 0 saturated heterocycles. The zero-order valence-corrected chi connectivity index (χ0v) is 10.3. The number of carbonyl (C=O) groups excluding carboxylic acids is 1. The van der Waals surface area contributed by atoms with Crippen LogP contribution in [0.15, 0.2) is 30.3 Å². The molecule has 0 fully saturated rings. The van der Waals surface area contributed by atoms with E-state index in [0.717, 1.165) is 0 Å². The lowest BCUT2D eigenvalue weighted by Gasteiger charge is -2.18. The topological polar surface area (TPSA) is 75.3 Å². The van der Waals surface area contributed by atoms with Gasteiger partial charge in [-0.15, -0.1) is 0 Å². The normalized spacial score (nSPS) is 14.4. The summed E-state index contributed by atoms with van der Waals surface area (Å²) < 4.78 is 0. The number of aliphatic hydroxyl groups is 1. The highest BCUT2D eigenvalue weighted by atomic mass is 16.3. The van der Waals surface area contributed by atoms with Gasteiger partial charge in [0, 0.05) is 12.6 Å². The van der Waals surface area contributed by atoms with Gasteiger partial charge in [-0.3, -0.25) is 4.79 Å². The summed E-state index contributed by atoms with van der Waals surface area (Å²) in [7, 11) is 0. The molecule has 0 aliphatic rings. The number of rotatable bonds is 5. The van der Waals surface area contributed by atoms with Gasteiger partial charge in [0.25, 0.3) is 5.91 Å². The minimum atomic E-state index is -1.13. The van der Waals surface area contributed by atoms with Crippen molar-refractivity contribution in [2.24, 2.45) is 11.7 Å². The van der Waals surface area contributed by atoms with Crippen LogP contribution in [0, 0.1) is 5.92 Å². The second kappa shape index (κ2) is 6.37. The van der Waals surface area contributed by atoms with Gasteiger partial charge in [-0.05, 0) is 11.5 Å². The van der Waals surface area contributed by atoms with E-state index in [4.69, 9.17) is 5.73 Å². The molecule has 0 heterocycles. The van der Waals surface area contributed by atoms with Crippen LogP contribution in [-0.4, -0.2) is 23.6 Å². The summed E-state index contributed by atoms with van der Waals surface area (Å²) in [6.07, 6.45) is -1.13. The van der Waals surface area contributed by atoms with E-state index in [1.165, 1.54) is 0 Å². The number of aliphatic hydroxyl groups excluding tert-OH is 1. The Bertz CT molecular complexity index is 352. The predicted octanol–water partition coefficient (Wildman–Crippen LogP) is 0.819. The Morgan fingerprint density at radius 3 is 2.47 bits per heavy atom. The smallest absolute Gasteiger partial charge is 0.253 e. The molecular formula is C13H20N2O2. The zero-order valence-electron chi connectivity index (χ0n) is 10.3. The third kappa shape index (κ3) is 4.17. The molecule has 0 spiro atoms. The van der Waals surface area contributed by atoms with E-state index in [0.29, 0.717) is 18.0 Å². The number of nitrogens with two attached hydrogens (primary N) is 1. The predicted molar refractivity (Wildman–Crippen MR) is 67.2 cm³/mol. The summed E-state index contributed by atoms with van der Waals surface area (Å²) >= 11 is 0. The van der Waals surface area contributed by atoms with Crippen molar-refractivity contribution in [3.8, 4) is 0 Å². The van der Waals surface area contributed by atoms with Crippen molar-refractivity contribution < 1.29 is 9.90 Å². The van der Waals surface area contributed by atoms with E-state index in [9.17, 15) is 9.90 Å². The van der Waals surface area contributed by atoms with Gasteiger partial charge in [0.05, 0.1) is 0 Å². The van der Waals surface area contributed by atoms with Gasteiger partial charge in [-0.25, -0.2) is 0 Å². The highest BCUT2D eigenvalue weighted by Gasteiger charge is 2.17. The first-order chi connectivity index (χ1) is 8.02. The minimum Gasteiger partial charge on any atom is -0.378 e. The number of hydrogen-bond acceptors (Lipinski definition) is 3. The summed E-state index contributed by atoms with van der Waals surface area (Å²) in [5.74, 6) is -0.114. The summed E-state index contributed by atoms with van der Waals surface area (Å²) in [6.45, 7) is 4.36. The average molecular weight is 236 g/mol. The van der Waals surface area contributed by atoms with Crippen molar-refractivity contribution >= 4 is 5.91 Å². The van der Waals surface area contributed by atoms with E-state index in [1.54, 1.807) is 24.3 Å². The number of nitrogens with one attached hydrogen (secondary N) is 1. The molecular weight excluding hydrogens is 216 g/mol. The van der Waals surface area contributed by atoms with Crippen molar-refractivity contribution in [3.05, 3.63) is 35.9 Å². The maximum absolute atomic E-state index is 11.7. The monoisotopic (exact) mass is 236 g/mol. The van der Waals surface area contributed by atoms with Crippen LogP contribution in [0.3, 0.4) is 0 Å². The molecule has 94 valence electrons. The number of hydrogen-bond donors (Lipinski definition) is 3. The van der Waals surface area contributed by atoms with Gasteiger partial charge in [-0.1, -0.05) is 44.2 Å². The first-order valence-corrected chi connectivity index (χ1v) is 5.78. The molecule has 1 aromatic rings. The molecule has 0 bridgehead atoms. The zero-order chi connectivity index (χ0) is 12.8. The molecule has 1 amide bonds. The highest BCUT2D eigenvalue weighted by Crippen LogP contribution is 2.11. The van der Waals surface area contributed by atoms with Gasteiger partial charge >= 0.3 is 0 Å².